The number of nitrogens with zero attached hydrogens (tertiary/aromatic N) is 1. The molecule has 1 aromatic heterocycles. The maximum atomic E-state index is 5.08. The maximum absolute atomic E-state index is 5.08. The summed E-state index contributed by atoms with van der Waals surface area (Å²) in [6.45, 7) is 2.68. The third-order valence-electron chi connectivity index (χ3n) is 3.18. The Morgan fingerprint density at radius 2 is 2.33 bits per heavy atom. The fourth-order valence-electron chi connectivity index (χ4n) is 2.28. The van der Waals surface area contributed by atoms with E-state index < -0.39 is 0 Å². The van der Waals surface area contributed by atoms with Gasteiger partial charge in [0.2, 0.25) is 0 Å². The smallest absolute Gasteiger partial charge is 0.133 e. The van der Waals surface area contributed by atoms with Gasteiger partial charge in [0, 0.05) is 30.2 Å². The second-order valence-corrected chi connectivity index (χ2v) is 5.61. The molecule has 1 N–H and O–H groups in total. The first kappa shape index (κ1) is 11.8. The lowest BCUT2D eigenvalue weighted by Crippen LogP contribution is -2.26. The Kier molecular flexibility index (Phi) is 3.39. The molecule has 18 heavy (non-hydrogen) atoms. The minimum absolute atomic E-state index is 0.414. The van der Waals surface area contributed by atoms with Gasteiger partial charge in [-0.05, 0) is 18.1 Å². The van der Waals surface area contributed by atoms with Gasteiger partial charge in [0.1, 0.15) is 5.76 Å². The molecule has 0 amide bonds. The molecule has 1 aliphatic rings. The molecule has 0 fully saturated rings. The first-order valence-corrected chi connectivity index (χ1v) is 7.29. The average Bonchev–Trinajstić information content (AvgIpc) is 2.82. The van der Waals surface area contributed by atoms with Crippen molar-refractivity contribution in [1.29, 1.82) is 0 Å². The van der Waals surface area contributed by atoms with Crippen LogP contribution in [0.2, 0.25) is 0 Å². The number of thioether (sulfide) groups is 1. The fraction of sp³-hybridized carbons (Fsp3) is 0.357. The SMILES string of the molecule is Cc1cc(CNC2CSCc3ccccc32)no1. The number of aromatic nitrogens is 1. The predicted octanol–water partition coefficient (Wildman–Crippen LogP) is 3.06. The minimum Gasteiger partial charge on any atom is -0.361 e. The molecule has 2 heterocycles. The molecule has 1 aromatic carbocycles. The van der Waals surface area contributed by atoms with Crippen LogP contribution in [0.5, 0.6) is 0 Å². The normalized spacial score (nSPS) is 18.6. The van der Waals surface area contributed by atoms with Gasteiger partial charge in [0.05, 0.1) is 5.69 Å². The Balaban J connectivity index is 1.71. The lowest BCUT2D eigenvalue weighted by Gasteiger charge is -2.25. The molecule has 2 aromatic rings. The Hall–Kier alpha value is -1.26. The molecular weight excluding hydrogens is 244 g/mol. The van der Waals surface area contributed by atoms with E-state index in [1.807, 2.05) is 24.8 Å². The molecule has 0 saturated carbocycles. The second-order valence-electron chi connectivity index (χ2n) is 4.58. The van der Waals surface area contributed by atoms with Crippen molar-refractivity contribution in [1.82, 2.24) is 10.5 Å². The van der Waals surface area contributed by atoms with Crippen LogP contribution in [0, 0.1) is 6.92 Å². The largest absolute Gasteiger partial charge is 0.361 e. The average molecular weight is 260 g/mol. The van der Waals surface area contributed by atoms with Crippen LogP contribution in [-0.4, -0.2) is 10.9 Å². The summed E-state index contributed by atoms with van der Waals surface area (Å²) >= 11 is 1.98. The van der Waals surface area contributed by atoms with Crippen molar-refractivity contribution in [2.24, 2.45) is 0 Å². The predicted molar refractivity (Wildman–Crippen MR) is 73.4 cm³/mol. The van der Waals surface area contributed by atoms with Crippen LogP contribution in [0.4, 0.5) is 0 Å². The summed E-state index contributed by atoms with van der Waals surface area (Å²) in [6, 6.07) is 11.1. The summed E-state index contributed by atoms with van der Waals surface area (Å²) in [6.07, 6.45) is 0. The topological polar surface area (TPSA) is 38.1 Å². The molecule has 3 nitrogen and oxygen atoms in total. The van der Waals surface area contributed by atoms with Gasteiger partial charge >= 0.3 is 0 Å². The van der Waals surface area contributed by atoms with Crippen molar-refractivity contribution in [3.63, 3.8) is 0 Å². The highest BCUT2D eigenvalue weighted by Gasteiger charge is 2.19. The van der Waals surface area contributed by atoms with E-state index >= 15 is 0 Å². The van der Waals surface area contributed by atoms with Crippen LogP contribution in [0.3, 0.4) is 0 Å². The van der Waals surface area contributed by atoms with Crippen LogP contribution in [0.15, 0.2) is 34.9 Å². The van der Waals surface area contributed by atoms with Gasteiger partial charge in [-0.2, -0.15) is 11.8 Å². The van der Waals surface area contributed by atoms with Crippen LogP contribution in [0.25, 0.3) is 0 Å². The zero-order valence-corrected chi connectivity index (χ0v) is 11.2. The molecule has 4 heteroatoms. The molecule has 0 radical (unpaired) electrons. The number of rotatable bonds is 3. The molecule has 0 saturated heterocycles. The zero-order chi connectivity index (χ0) is 12.4. The van der Waals surface area contributed by atoms with Gasteiger partial charge in [-0.15, -0.1) is 0 Å². The lowest BCUT2D eigenvalue weighted by atomic mass is 10.0. The Labute approximate surface area is 111 Å². The summed E-state index contributed by atoms with van der Waals surface area (Å²) in [5.74, 6) is 3.11. The quantitative estimate of drug-likeness (QED) is 0.920. The number of fused-ring (bicyclic) bond motifs is 1. The summed E-state index contributed by atoms with van der Waals surface area (Å²) < 4.78 is 5.08. The van der Waals surface area contributed by atoms with Crippen molar-refractivity contribution in [2.75, 3.05) is 5.75 Å². The van der Waals surface area contributed by atoms with Crippen molar-refractivity contribution in [2.45, 2.75) is 25.3 Å². The summed E-state index contributed by atoms with van der Waals surface area (Å²) in [5, 5.41) is 7.58. The molecule has 0 bridgehead atoms. The van der Waals surface area contributed by atoms with Crippen molar-refractivity contribution < 1.29 is 4.52 Å². The second kappa shape index (κ2) is 5.16. The van der Waals surface area contributed by atoms with Gasteiger partial charge in [-0.25, -0.2) is 0 Å². The Bertz CT molecular complexity index is 538. The van der Waals surface area contributed by atoms with Crippen molar-refractivity contribution in [3.8, 4) is 0 Å². The van der Waals surface area contributed by atoms with Crippen LogP contribution >= 0.6 is 11.8 Å². The molecule has 1 unspecified atom stereocenters. The first-order chi connectivity index (χ1) is 8.83. The van der Waals surface area contributed by atoms with E-state index in [4.69, 9.17) is 4.52 Å². The highest BCUT2D eigenvalue weighted by molar-refractivity contribution is 7.98. The Morgan fingerprint density at radius 3 is 3.17 bits per heavy atom. The summed E-state index contributed by atoms with van der Waals surface area (Å²) in [4.78, 5) is 0. The van der Waals surface area contributed by atoms with E-state index in [0.29, 0.717) is 6.04 Å². The van der Waals surface area contributed by atoms with Gasteiger partial charge in [-0.3, -0.25) is 0 Å². The molecule has 1 atom stereocenters. The number of aryl methyl sites for hydroxylation is 1. The molecular formula is C14H16N2OS. The van der Waals surface area contributed by atoms with Crippen molar-refractivity contribution in [3.05, 3.63) is 52.9 Å². The Morgan fingerprint density at radius 1 is 1.44 bits per heavy atom. The highest BCUT2D eigenvalue weighted by Crippen LogP contribution is 2.31. The van der Waals surface area contributed by atoms with Gasteiger partial charge < -0.3 is 9.84 Å². The van der Waals surface area contributed by atoms with Gasteiger partial charge in [0.15, 0.2) is 0 Å². The summed E-state index contributed by atoms with van der Waals surface area (Å²) in [7, 11) is 0. The monoisotopic (exact) mass is 260 g/mol. The fourth-order valence-corrected chi connectivity index (χ4v) is 3.41. The van der Waals surface area contributed by atoms with Gasteiger partial charge in [-0.1, -0.05) is 29.4 Å². The molecule has 1 aliphatic heterocycles. The third kappa shape index (κ3) is 2.44. The zero-order valence-electron chi connectivity index (χ0n) is 10.3. The van der Waals surface area contributed by atoms with E-state index in [1.54, 1.807) is 0 Å². The molecule has 0 spiro atoms. The van der Waals surface area contributed by atoms with E-state index in [1.165, 1.54) is 11.1 Å². The molecule has 3 rings (SSSR count). The minimum atomic E-state index is 0.414. The number of benzene rings is 1. The molecule has 94 valence electrons. The number of nitrogens with one attached hydrogen (secondary N) is 1. The first-order valence-electron chi connectivity index (χ1n) is 6.14. The van der Waals surface area contributed by atoms with Gasteiger partial charge in [0.25, 0.3) is 0 Å². The highest BCUT2D eigenvalue weighted by atomic mass is 32.2. The number of hydrogen-bond acceptors (Lipinski definition) is 4. The van der Waals surface area contributed by atoms with Crippen LogP contribution in [0.1, 0.15) is 28.6 Å². The lowest BCUT2D eigenvalue weighted by molar-refractivity contribution is 0.386. The van der Waals surface area contributed by atoms with E-state index in [-0.39, 0.29) is 0 Å². The maximum Gasteiger partial charge on any atom is 0.133 e. The van der Waals surface area contributed by atoms with Crippen molar-refractivity contribution >= 4 is 11.8 Å². The third-order valence-corrected chi connectivity index (χ3v) is 4.26. The molecule has 0 aliphatic carbocycles. The van der Waals surface area contributed by atoms with E-state index in [0.717, 1.165) is 29.5 Å². The van der Waals surface area contributed by atoms with Crippen LogP contribution in [-0.2, 0) is 12.3 Å². The standard InChI is InChI=1S/C14H16N2OS/c1-10-6-12(16-17-10)7-15-14-9-18-8-11-4-2-3-5-13(11)14/h2-6,14-15H,7-9H2,1H3. The summed E-state index contributed by atoms with van der Waals surface area (Å²) in [5.41, 5.74) is 3.85. The number of hydrogen-bond donors (Lipinski definition) is 1. The van der Waals surface area contributed by atoms with Crippen LogP contribution < -0.4 is 5.32 Å². The van der Waals surface area contributed by atoms with E-state index in [2.05, 4.69) is 34.7 Å². The van der Waals surface area contributed by atoms with E-state index in [9.17, 15) is 0 Å².